The number of carbonyl (C=O) groups is 1. The van der Waals surface area contributed by atoms with Gasteiger partial charge < -0.3 is 5.73 Å². The molecule has 0 spiro atoms. The summed E-state index contributed by atoms with van der Waals surface area (Å²) in [6.07, 6.45) is 1.94. The SMILES string of the molecule is CCCCn1c(SCc2ccc(C(N)=O)cc2)nc2ccccc2c1=O. The molecule has 0 unspecified atom stereocenters. The van der Waals surface area contributed by atoms with E-state index in [0.717, 1.165) is 29.1 Å². The number of hydrogen-bond donors (Lipinski definition) is 1. The maximum absolute atomic E-state index is 12.8. The van der Waals surface area contributed by atoms with Crippen LogP contribution in [0.1, 0.15) is 35.7 Å². The summed E-state index contributed by atoms with van der Waals surface area (Å²) < 4.78 is 1.77. The number of benzene rings is 2. The average molecular weight is 367 g/mol. The second kappa shape index (κ2) is 8.19. The van der Waals surface area contributed by atoms with Gasteiger partial charge in [0.15, 0.2) is 5.16 Å². The number of hydrogen-bond acceptors (Lipinski definition) is 4. The van der Waals surface area contributed by atoms with E-state index in [1.54, 1.807) is 16.7 Å². The fourth-order valence-corrected chi connectivity index (χ4v) is 3.67. The van der Waals surface area contributed by atoms with Crippen molar-refractivity contribution in [1.82, 2.24) is 9.55 Å². The number of amides is 1. The summed E-state index contributed by atoms with van der Waals surface area (Å²) in [7, 11) is 0. The van der Waals surface area contributed by atoms with Crippen molar-refractivity contribution in [3.05, 3.63) is 70.0 Å². The Morgan fingerprint density at radius 1 is 1.15 bits per heavy atom. The van der Waals surface area contributed by atoms with Crippen LogP contribution in [0.5, 0.6) is 0 Å². The third-order valence-corrected chi connectivity index (χ3v) is 5.22. The van der Waals surface area contributed by atoms with Crippen molar-refractivity contribution in [1.29, 1.82) is 0 Å². The highest BCUT2D eigenvalue weighted by atomic mass is 32.2. The zero-order valence-electron chi connectivity index (χ0n) is 14.6. The summed E-state index contributed by atoms with van der Waals surface area (Å²) in [5, 5.41) is 1.37. The Morgan fingerprint density at radius 3 is 2.58 bits per heavy atom. The molecule has 0 bridgehead atoms. The van der Waals surface area contributed by atoms with Gasteiger partial charge in [0.25, 0.3) is 5.56 Å². The lowest BCUT2D eigenvalue weighted by Crippen LogP contribution is -2.23. The number of rotatable bonds is 7. The highest BCUT2D eigenvalue weighted by Gasteiger charge is 2.11. The van der Waals surface area contributed by atoms with E-state index in [9.17, 15) is 9.59 Å². The van der Waals surface area contributed by atoms with Crippen molar-refractivity contribution >= 4 is 28.6 Å². The lowest BCUT2D eigenvalue weighted by Gasteiger charge is -2.13. The van der Waals surface area contributed by atoms with E-state index in [1.807, 2.05) is 36.4 Å². The maximum atomic E-state index is 12.8. The van der Waals surface area contributed by atoms with Gasteiger partial charge in [-0.05, 0) is 36.2 Å². The van der Waals surface area contributed by atoms with Gasteiger partial charge in [-0.15, -0.1) is 0 Å². The van der Waals surface area contributed by atoms with Gasteiger partial charge in [-0.25, -0.2) is 4.98 Å². The van der Waals surface area contributed by atoms with Gasteiger partial charge in [0.05, 0.1) is 10.9 Å². The standard InChI is InChI=1S/C20H21N3O2S/c1-2-3-12-23-19(25)16-6-4-5-7-17(16)22-20(23)26-13-14-8-10-15(11-9-14)18(21)24/h4-11H,2-3,12-13H2,1H3,(H2,21,24). The molecule has 134 valence electrons. The largest absolute Gasteiger partial charge is 0.366 e. The molecule has 6 heteroatoms. The maximum Gasteiger partial charge on any atom is 0.262 e. The fraction of sp³-hybridized carbons (Fsp3) is 0.250. The molecule has 5 nitrogen and oxygen atoms in total. The molecule has 0 aliphatic heterocycles. The van der Waals surface area contributed by atoms with Gasteiger partial charge in [0, 0.05) is 17.9 Å². The molecule has 0 atom stereocenters. The van der Waals surface area contributed by atoms with Crippen LogP contribution in [0, 0.1) is 0 Å². The predicted molar refractivity (Wildman–Crippen MR) is 105 cm³/mol. The van der Waals surface area contributed by atoms with Gasteiger partial charge in [0.1, 0.15) is 0 Å². The van der Waals surface area contributed by atoms with Crippen molar-refractivity contribution in [3.8, 4) is 0 Å². The predicted octanol–water partition coefficient (Wildman–Crippen LogP) is 3.59. The Balaban J connectivity index is 1.90. The van der Waals surface area contributed by atoms with Crippen LogP contribution >= 0.6 is 11.8 Å². The molecule has 1 amide bonds. The van der Waals surface area contributed by atoms with E-state index in [1.165, 1.54) is 11.8 Å². The zero-order chi connectivity index (χ0) is 18.5. The van der Waals surface area contributed by atoms with E-state index < -0.39 is 5.91 Å². The third kappa shape index (κ3) is 3.96. The van der Waals surface area contributed by atoms with Gasteiger partial charge in [-0.3, -0.25) is 14.2 Å². The second-order valence-corrected chi connectivity index (χ2v) is 7.01. The summed E-state index contributed by atoms with van der Waals surface area (Å²) in [6, 6.07) is 14.6. The Hall–Kier alpha value is -2.60. The minimum atomic E-state index is -0.436. The molecule has 3 rings (SSSR count). The quantitative estimate of drug-likeness (QED) is 0.511. The summed E-state index contributed by atoms with van der Waals surface area (Å²) in [5.74, 6) is 0.226. The Morgan fingerprint density at radius 2 is 1.88 bits per heavy atom. The second-order valence-electron chi connectivity index (χ2n) is 6.07. The summed E-state index contributed by atoms with van der Waals surface area (Å²) in [4.78, 5) is 28.7. The molecule has 2 N–H and O–H groups in total. The third-order valence-electron chi connectivity index (χ3n) is 4.17. The summed E-state index contributed by atoms with van der Waals surface area (Å²) >= 11 is 1.53. The molecule has 1 aromatic heterocycles. The fourth-order valence-electron chi connectivity index (χ4n) is 2.68. The van der Waals surface area contributed by atoms with E-state index in [4.69, 9.17) is 10.7 Å². The van der Waals surface area contributed by atoms with Crippen molar-refractivity contribution in [2.45, 2.75) is 37.2 Å². The van der Waals surface area contributed by atoms with E-state index in [2.05, 4.69) is 6.92 Å². The highest BCUT2D eigenvalue weighted by molar-refractivity contribution is 7.98. The van der Waals surface area contributed by atoms with Gasteiger partial charge in [-0.2, -0.15) is 0 Å². The first-order valence-corrected chi connectivity index (χ1v) is 9.60. The van der Waals surface area contributed by atoms with Crippen molar-refractivity contribution in [2.24, 2.45) is 5.73 Å². The zero-order valence-corrected chi connectivity index (χ0v) is 15.5. The average Bonchev–Trinajstić information content (AvgIpc) is 2.66. The number of nitrogens with two attached hydrogens (primary N) is 1. The Bertz CT molecular complexity index is 981. The van der Waals surface area contributed by atoms with E-state index in [-0.39, 0.29) is 5.56 Å². The molecule has 26 heavy (non-hydrogen) atoms. The van der Waals surface area contributed by atoms with Crippen molar-refractivity contribution in [2.75, 3.05) is 0 Å². The minimum Gasteiger partial charge on any atom is -0.366 e. The number of para-hydroxylation sites is 1. The smallest absolute Gasteiger partial charge is 0.262 e. The molecular formula is C20H21N3O2S. The summed E-state index contributed by atoms with van der Waals surface area (Å²) in [5.41, 5.74) is 7.54. The van der Waals surface area contributed by atoms with E-state index >= 15 is 0 Å². The molecule has 2 aromatic carbocycles. The van der Waals surface area contributed by atoms with Gasteiger partial charge in [-0.1, -0.05) is 49.4 Å². The van der Waals surface area contributed by atoms with Crippen LogP contribution in [0.2, 0.25) is 0 Å². The monoisotopic (exact) mass is 367 g/mol. The van der Waals surface area contributed by atoms with Crippen molar-refractivity contribution in [3.63, 3.8) is 0 Å². The lowest BCUT2D eigenvalue weighted by atomic mass is 10.1. The highest BCUT2D eigenvalue weighted by Crippen LogP contribution is 2.22. The topological polar surface area (TPSA) is 78.0 Å². The number of thioether (sulfide) groups is 1. The molecular weight excluding hydrogens is 346 g/mol. The Labute approximate surface area is 156 Å². The molecule has 0 aliphatic rings. The number of carbonyl (C=O) groups excluding carboxylic acids is 1. The number of fused-ring (bicyclic) bond motifs is 1. The minimum absolute atomic E-state index is 0.00984. The first kappa shape index (κ1) is 18.2. The van der Waals surface area contributed by atoms with Crippen LogP contribution in [-0.2, 0) is 12.3 Å². The molecule has 0 fully saturated rings. The molecule has 0 saturated heterocycles. The van der Waals surface area contributed by atoms with Gasteiger partial charge >= 0.3 is 0 Å². The molecule has 0 saturated carbocycles. The lowest BCUT2D eigenvalue weighted by molar-refractivity contribution is 0.100. The van der Waals surface area contributed by atoms with Crippen LogP contribution < -0.4 is 11.3 Å². The normalized spacial score (nSPS) is 11.0. The first-order chi connectivity index (χ1) is 12.6. The van der Waals surface area contributed by atoms with Crippen LogP contribution in [0.3, 0.4) is 0 Å². The number of aromatic nitrogens is 2. The summed E-state index contributed by atoms with van der Waals surface area (Å²) in [6.45, 7) is 2.77. The molecule has 1 heterocycles. The van der Waals surface area contributed by atoms with Crippen molar-refractivity contribution < 1.29 is 4.79 Å². The number of nitrogens with zero attached hydrogens (tertiary/aromatic N) is 2. The van der Waals surface area contributed by atoms with Crippen LogP contribution in [-0.4, -0.2) is 15.5 Å². The Kier molecular flexibility index (Phi) is 5.73. The first-order valence-electron chi connectivity index (χ1n) is 8.61. The van der Waals surface area contributed by atoms with Crippen LogP contribution in [0.15, 0.2) is 58.5 Å². The number of unbranched alkanes of at least 4 members (excludes halogenated alkanes) is 1. The molecule has 0 aliphatic carbocycles. The van der Waals surface area contributed by atoms with E-state index in [0.29, 0.717) is 23.2 Å². The number of primary amides is 1. The van der Waals surface area contributed by atoms with Crippen LogP contribution in [0.4, 0.5) is 0 Å². The molecule has 0 radical (unpaired) electrons. The van der Waals surface area contributed by atoms with Crippen LogP contribution in [0.25, 0.3) is 10.9 Å². The van der Waals surface area contributed by atoms with Gasteiger partial charge in [0.2, 0.25) is 5.91 Å². The molecule has 3 aromatic rings.